The van der Waals surface area contributed by atoms with Gasteiger partial charge in [-0.15, -0.1) is 0 Å². The van der Waals surface area contributed by atoms with Gasteiger partial charge in [0.15, 0.2) is 9.84 Å². The monoisotopic (exact) mass is 318 g/mol. The molecule has 0 aliphatic heterocycles. The quantitative estimate of drug-likeness (QED) is 0.839. The fourth-order valence-corrected chi connectivity index (χ4v) is 2.64. The first-order valence-electron chi connectivity index (χ1n) is 5.85. The van der Waals surface area contributed by atoms with Crippen LogP contribution in [0.15, 0.2) is 29.2 Å². The van der Waals surface area contributed by atoms with Gasteiger partial charge in [-0.3, -0.25) is 0 Å². The standard InChI is InChI=1S/C11H16O3S.C2H2O2S/c1-4-9(2)15(12,13)11-7-5-10(14-3)6-8-11;3-2(4)1-5/h5-9H,4H2,1-3H3;1H,(H,3,4). The van der Waals surface area contributed by atoms with E-state index in [1.165, 1.54) is 0 Å². The van der Waals surface area contributed by atoms with Crippen molar-refractivity contribution in [2.24, 2.45) is 0 Å². The molecule has 1 N–H and O–H groups in total. The van der Waals surface area contributed by atoms with Crippen LogP contribution < -0.4 is 4.74 Å². The van der Waals surface area contributed by atoms with Crippen LogP contribution in [0.4, 0.5) is 0 Å². The molecule has 0 aliphatic rings. The van der Waals surface area contributed by atoms with Crippen LogP contribution in [0, 0.1) is 0 Å². The summed E-state index contributed by atoms with van der Waals surface area (Å²) < 4.78 is 28.8. The summed E-state index contributed by atoms with van der Waals surface area (Å²) in [5.41, 5.74) is 0. The molecule has 112 valence electrons. The molecule has 0 radical (unpaired) electrons. The summed E-state index contributed by atoms with van der Waals surface area (Å²) >= 11 is 3.95. The predicted molar refractivity (Wildman–Crippen MR) is 81.2 cm³/mol. The molecule has 5 nitrogen and oxygen atoms in total. The first kappa shape index (κ1) is 18.5. The Morgan fingerprint density at radius 2 is 1.85 bits per heavy atom. The zero-order valence-electron chi connectivity index (χ0n) is 11.6. The van der Waals surface area contributed by atoms with Crippen LogP contribution in [0.25, 0.3) is 0 Å². The second-order valence-corrected chi connectivity index (χ2v) is 6.50. The average molecular weight is 318 g/mol. The van der Waals surface area contributed by atoms with Gasteiger partial charge in [-0.2, -0.15) is 0 Å². The number of sulfone groups is 1. The van der Waals surface area contributed by atoms with Gasteiger partial charge >= 0.3 is 5.97 Å². The van der Waals surface area contributed by atoms with Crippen molar-refractivity contribution in [2.45, 2.75) is 30.4 Å². The molecule has 7 heteroatoms. The molecule has 0 spiro atoms. The Kier molecular flexibility index (Phi) is 8.02. The zero-order valence-corrected chi connectivity index (χ0v) is 13.2. The van der Waals surface area contributed by atoms with Gasteiger partial charge in [-0.1, -0.05) is 19.1 Å². The molecule has 0 aliphatic carbocycles. The fourth-order valence-electron chi connectivity index (χ4n) is 1.22. The van der Waals surface area contributed by atoms with Crippen molar-refractivity contribution in [3.8, 4) is 5.75 Å². The van der Waals surface area contributed by atoms with Gasteiger partial charge in [0.05, 0.1) is 22.6 Å². The van der Waals surface area contributed by atoms with E-state index in [0.29, 0.717) is 22.4 Å². The molecule has 0 aromatic heterocycles. The summed E-state index contributed by atoms with van der Waals surface area (Å²) in [6, 6.07) is 6.49. The van der Waals surface area contributed by atoms with Crippen molar-refractivity contribution < 1.29 is 23.1 Å². The molecule has 1 rings (SSSR count). The number of aliphatic carboxylic acids is 1. The van der Waals surface area contributed by atoms with Crippen LogP contribution in [0.1, 0.15) is 20.3 Å². The van der Waals surface area contributed by atoms with Gasteiger partial charge in [0.1, 0.15) is 5.75 Å². The number of benzene rings is 1. The lowest BCUT2D eigenvalue weighted by molar-refractivity contribution is -0.128. The summed E-state index contributed by atoms with van der Waals surface area (Å²) in [5.74, 6) is -0.391. The summed E-state index contributed by atoms with van der Waals surface area (Å²) in [6.07, 6.45) is 0.619. The Bertz CT molecular complexity index is 534. The number of thiocarbonyl (C=S) groups is 1. The van der Waals surface area contributed by atoms with Crippen molar-refractivity contribution in [1.29, 1.82) is 0 Å². The Morgan fingerprint density at radius 3 is 2.15 bits per heavy atom. The molecule has 1 unspecified atom stereocenters. The minimum Gasteiger partial charge on any atom is -0.497 e. The van der Waals surface area contributed by atoms with Crippen LogP contribution in [0.5, 0.6) is 5.75 Å². The Balaban J connectivity index is 0.000000621. The van der Waals surface area contributed by atoms with E-state index < -0.39 is 15.8 Å². The van der Waals surface area contributed by atoms with Crippen LogP contribution in [0.2, 0.25) is 0 Å². The van der Waals surface area contributed by atoms with Gasteiger partial charge in [0.25, 0.3) is 0 Å². The van der Waals surface area contributed by atoms with E-state index in [1.807, 2.05) is 6.92 Å². The third-order valence-electron chi connectivity index (χ3n) is 2.59. The Hall–Kier alpha value is -1.47. The van der Waals surface area contributed by atoms with Crippen molar-refractivity contribution in [3.63, 3.8) is 0 Å². The molecule has 1 aromatic carbocycles. The van der Waals surface area contributed by atoms with E-state index in [1.54, 1.807) is 38.3 Å². The molecule has 0 saturated carbocycles. The lowest BCUT2D eigenvalue weighted by Crippen LogP contribution is -2.16. The number of hydrogen-bond acceptors (Lipinski definition) is 5. The lowest BCUT2D eigenvalue weighted by atomic mass is 10.3. The minimum atomic E-state index is -3.17. The van der Waals surface area contributed by atoms with E-state index in [9.17, 15) is 13.2 Å². The second kappa shape index (κ2) is 8.65. The normalized spacial score (nSPS) is 11.8. The topological polar surface area (TPSA) is 80.7 Å². The number of ether oxygens (including phenoxy) is 1. The SMILES string of the molecule is CCC(C)S(=O)(=O)c1ccc(OC)cc1.O=C(O)C=S. The third-order valence-corrected chi connectivity index (χ3v) is 5.12. The van der Waals surface area contributed by atoms with Gasteiger partial charge in [-0.05, 0) is 37.6 Å². The number of rotatable bonds is 5. The van der Waals surface area contributed by atoms with Crippen molar-refractivity contribution in [3.05, 3.63) is 24.3 Å². The molecule has 0 saturated heterocycles. The number of hydrogen-bond donors (Lipinski definition) is 1. The van der Waals surface area contributed by atoms with Crippen LogP contribution in [-0.4, -0.2) is 37.2 Å². The number of carboxylic acid groups (broad SMARTS) is 1. The molecule has 20 heavy (non-hydrogen) atoms. The first-order chi connectivity index (χ1) is 9.29. The molecule has 0 fully saturated rings. The maximum atomic E-state index is 11.9. The van der Waals surface area contributed by atoms with Crippen LogP contribution in [0.3, 0.4) is 0 Å². The summed E-state index contributed by atoms with van der Waals surface area (Å²) in [4.78, 5) is 9.57. The molecule has 0 heterocycles. The minimum absolute atomic E-state index is 0.342. The maximum absolute atomic E-state index is 11.9. The predicted octanol–water partition coefficient (Wildman–Crippen LogP) is 2.34. The molecule has 1 atom stereocenters. The molecule has 0 amide bonds. The zero-order chi connectivity index (χ0) is 15.8. The molecule has 0 bridgehead atoms. The van der Waals surface area contributed by atoms with E-state index in [0.717, 1.165) is 0 Å². The van der Waals surface area contributed by atoms with Gasteiger partial charge < -0.3 is 9.84 Å². The molecular weight excluding hydrogens is 300 g/mol. The largest absolute Gasteiger partial charge is 0.497 e. The van der Waals surface area contributed by atoms with Gasteiger partial charge in [0, 0.05) is 0 Å². The fraction of sp³-hybridized carbons (Fsp3) is 0.385. The van der Waals surface area contributed by atoms with E-state index >= 15 is 0 Å². The number of carboxylic acids is 1. The highest BCUT2D eigenvalue weighted by atomic mass is 32.2. The third kappa shape index (κ3) is 5.66. The Labute approximate surface area is 124 Å². The van der Waals surface area contributed by atoms with E-state index in [2.05, 4.69) is 12.2 Å². The summed E-state index contributed by atoms with van der Waals surface area (Å²) in [6.45, 7) is 3.59. The highest BCUT2D eigenvalue weighted by molar-refractivity contribution is 7.92. The van der Waals surface area contributed by atoms with Crippen molar-refractivity contribution in [1.82, 2.24) is 0 Å². The van der Waals surface area contributed by atoms with Gasteiger partial charge in [-0.25, -0.2) is 13.2 Å². The molecular formula is C13H18O5S2. The maximum Gasteiger partial charge on any atom is 0.339 e. The summed E-state index contributed by atoms with van der Waals surface area (Å²) in [7, 11) is -1.62. The van der Waals surface area contributed by atoms with E-state index in [-0.39, 0.29) is 5.25 Å². The van der Waals surface area contributed by atoms with Crippen molar-refractivity contribution in [2.75, 3.05) is 7.11 Å². The lowest BCUT2D eigenvalue weighted by Gasteiger charge is -2.10. The van der Waals surface area contributed by atoms with Crippen LogP contribution >= 0.6 is 12.2 Å². The number of methoxy groups -OCH3 is 1. The van der Waals surface area contributed by atoms with Gasteiger partial charge in [0.2, 0.25) is 0 Å². The smallest absolute Gasteiger partial charge is 0.339 e. The van der Waals surface area contributed by atoms with Crippen LogP contribution in [-0.2, 0) is 14.6 Å². The number of carbonyl (C=O) groups is 1. The van der Waals surface area contributed by atoms with E-state index in [4.69, 9.17) is 9.84 Å². The average Bonchev–Trinajstić information content (AvgIpc) is 2.46. The summed E-state index contributed by atoms with van der Waals surface area (Å²) in [5, 5.41) is 7.89. The van der Waals surface area contributed by atoms with Crippen molar-refractivity contribution >= 4 is 33.4 Å². The Morgan fingerprint density at radius 1 is 1.40 bits per heavy atom. The highest BCUT2D eigenvalue weighted by Crippen LogP contribution is 2.20. The molecule has 1 aromatic rings. The second-order valence-electron chi connectivity index (χ2n) is 3.90. The highest BCUT2D eigenvalue weighted by Gasteiger charge is 2.21. The first-order valence-corrected chi connectivity index (χ1v) is 7.87.